The molecule has 4 aromatic rings. The maximum absolute atomic E-state index is 14.4. The summed E-state index contributed by atoms with van der Waals surface area (Å²) in [7, 11) is 0. The van der Waals surface area contributed by atoms with Crippen molar-refractivity contribution >= 4 is 34.3 Å². The van der Waals surface area contributed by atoms with Crippen molar-refractivity contribution in [2.45, 2.75) is 51.4 Å². The Kier molecular flexibility index (Phi) is 7.63. The van der Waals surface area contributed by atoms with Crippen LogP contribution in [0.1, 0.15) is 53.4 Å². The van der Waals surface area contributed by atoms with Gasteiger partial charge in [-0.3, -0.25) is 0 Å². The fraction of sp³-hybridized carbons (Fsp3) is 0.345. The van der Waals surface area contributed by atoms with Crippen LogP contribution in [0, 0.1) is 17.6 Å². The number of halogens is 3. The van der Waals surface area contributed by atoms with E-state index in [1.54, 1.807) is 6.07 Å². The first-order chi connectivity index (χ1) is 19.8. The van der Waals surface area contributed by atoms with Crippen molar-refractivity contribution < 1.29 is 28.2 Å². The molecule has 0 amide bonds. The largest absolute Gasteiger partial charge is 0.477 e. The van der Waals surface area contributed by atoms with E-state index >= 15 is 0 Å². The van der Waals surface area contributed by atoms with Gasteiger partial charge in [0.15, 0.2) is 17.2 Å². The van der Waals surface area contributed by atoms with Gasteiger partial charge in [-0.25, -0.2) is 24.1 Å². The van der Waals surface area contributed by atoms with Crippen molar-refractivity contribution in [3.8, 4) is 5.88 Å². The zero-order chi connectivity index (χ0) is 28.5. The summed E-state index contributed by atoms with van der Waals surface area (Å²) < 4.78 is 41.6. The highest BCUT2D eigenvalue weighted by molar-refractivity contribution is 6.30. The van der Waals surface area contributed by atoms with E-state index in [1.165, 1.54) is 24.3 Å². The summed E-state index contributed by atoms with van der Waals surface area (Å²) >= 11 is 5.79. The molecule has 1 aromatic carbocycles. The first kappa shape index (κ1) is 27.2. The van der Waals surface area contributed by atoms with Gasteiger partial charge in [0.2, 0.25) is 5.82 Å². The van der Waals surface area contributed by atoms with Crippen LogP contribution in [0.2, 0.25) is 5.02 Å². The second-order valence-electron chi connectivity index (χ2n) is 10.2. The molecule has 2 atom stereocenters. The van der Waals surface area contributed by atoms with Gasteiger partial charge in [-0.1, -0.05) is 23.7 Å². The van der Waals surface area contributed by atoms with E-state index in [0.29, 0.717) is 43.0 Å². The highest BCUT2D eigenvalue weighted by Gasteiger charge is 2.26. The van der Waals surface area contributed by atoms with Crippen LogP contribution in [-0.4, -0.2) is 48.3 Å². The third kappa shape index (κ3) is 5.91. The molecule has 0 bridgehead atoms. The Morgan fingerprint density at radius 3 is 2.71 bits per heavy atom. The van der Waals surface area contributed by atoms with Crippen molar-refractivity contribution in [3.63, 3.8) is 0 Å². The Hall–Kier alpha value is -3.96. The predicted molar refractivity (Wildman–Crippen MR) is 146 cm³/mol. The van der Waals surface area contributed by atoms with Crippen LogP contribution < -0.4 is 4.74 Å². The summed E-state index contributed by atoms with van der Waals surface area (Å²) in [5.74, 6) is -1.11. The number of benzene rings is 1. The summed E-state index contributed by atoms with van der Waals surface area (Å²) in [5, 5.41) is 9.68. The maximum atomic E-state index is 14.4. The number of rotatable bonds is 9. The smallest absolute Gasteiger partial charge is 0.354 e. The van der Waals surface area contributed by atoms with Crippen LogP contribution in [0.3, 0.4) is 0 Å². The third-order valence-electron chi connectivity index (χ3n) is 7.44. The summed E-state index contributed by atoms with van der Waals surface area (Å²) in [4.78, 5) is 29.1. The number of hydrogen-bond acceptors (Lipinski definition) is 7. The fourth-order valence-corrected chi connectivity index (χ4v) is 5.23. The number of hydrogen-bond donors (Lipinski definition) is 1. The average Bonchev–Trinajstić information content (AvgIpc) is 3.27. The summed E-state index contributed by atoms with van der Waals surface area (Å²) in [6, 6.07) is 7.35. The molecule has 9 nitrogen and oxygen atoms in total. The van der Waals surface area contributed by atoms with E-state index < -0.39 is 17.6 Å². The van der Waals surface area contributed by atoms with E-state index in [-0.39, 0.29) is 40.8 Å². The second kappa shape index (κ2) is 11.5. The molecule has 1 aliphatic carbocycles. The van der Waals surface area contributed by atoms with Gasteiger partial charge in [0.25, 0.3) is 5.88 Å². The minimum absolute atomic E-state index is 0.0223. The van der Waals surface area contributed by atoms with Crippen LogP contribution in [0.4, 0.5) is 8.78 Å². The van der Waals surface area contributed by atoms with E-state index in [9.17, 15) is 18.7 Å². The number of nitrogens with zero attached hydrogens (tertiary/aromatic N) is 5. The van der Waals surface area contributed by atoms with Gasteiger partial charge in [-0.05, 0) is 61.4 Å². The molecule has 4 heterocycles. The molecule has 6 rings (SSSR count). The van der Waals surface area contributed by atoms with Gasteiger partial charge >= 0.3 is 5.97 Å². The first-order valence-electron chi connectivity index (χ1n) is 13.3. The minimum Gasteiger partial charge on any atom is -0.477 e. The lowest BCUT2D eigenvalue weighted by Gasteiger charge is -2.28. The van der Waals surface area contributed by atoms with E-state index in [1.807, 2.05) is 10.6 Å². The van der Waals surface area contributed by atoms with Crippen LogP contribution in [0.15, 0.2) is 42.6 Å². The number of pyridine rings is 1. The molecule has 2 aliphatic rings. The lowest BCUT2D eigenvalue weighted by atomic mass is 9.87. The average molecular weight is 582 g/mol. The van der Waals surface area contributed by atoms with Crippen molar-refractivity contribution in [2.75, 3.05) is 6.61 Å². The number of carboxylic acid groups (broad SMARTS) is 1. The number of allylic oxidation sites excluding steroid dienone is 2. The Morgan fingerprint density at radius 2 is 2.00 bits per heavy atom. The van der Waals surface area contributed by atoms with Crippen molar-refractivity contribution in [1.82, 2.24) is 24.5 Å². The molecule has 0 radical (unpaired) electrons. The Morgan fingerprint density at radius 1 is 1.15 bits per heavy atom. The number of fused-ring (bicyclic) bond motifs is 1. The molecule has 1 saturated heterocycles. The predicted octanol–water partition coefficient (Wildman–Crippen LogP) is 5.65. The van der Waals surface area contributed by atoms with Crippen LogP contribution in [0.5, 0.6) is 5.88 Å². The summed E-state index contributed by atoms with van der Waals surface area (Å²) in [5.41, 5.74) is 2.30. The lowest BCUT2D eigenvalue weighted by Crippen LogP contribution is -2.32. The van der Waals surface area contributed by atoms with Gasteiger partial charge in [0.05, 0.1) is 18.8 Å². The van der Waals surface area contributed by atoms with Crippen molar-refractivity contribution in [1.29, 1.82) is 0 Å². The zero-order valence-electron chi connectivity index (χ0n) is 21.9. The number of aromatic carboxylic acids is 1. The van der Waals surface area contributed by atoms with Gasteiger partial charge in [0.1, 0.15) is 23.8 Å². The van der Waals surface area contributed by atoms with Gasteiger partial charge in [-0.2, -0.15) is 9.37 Å². The van der Waals surface area contributed by atoms with E-state index in [4.69, 9.17) is 26.1 Å². The molecule has 12 heteroatoms. The van der Waals surface area contributed by atoms with Crippen LogP contribution in [-0.2, 0) is 24.3 Å². The molecule has 1 aliphatic heterocycles. The van der Waals surface area contributed by atoms with Gasteiger partial charge < -0.3 is 19.1 Å². The Bertz CT molecular complexity index is 1660. The van der Waals surface area contributed by atoms with E-state index in [0.717, 1.165) is 36.9 Å². The van der Waals surface area contributed by atoms with Crippen molar-refractivity contribution in [3.05, 3.63) is 82.2 Å². The van der Waals surface area contributed by atoms with E-state index in [2.05, 4.69) is 15.0 Å². The number of ether oxygens (including phenoxy) is 2. The number of carbonyl (C=O) groups is 1. The monoisotopic (exact) mass is 581 g/mol. The number of imidazole rings is 1. The molecule has 212 valence electrons. The van der Waals surface area contributed by atoms with Gasteiger partial charge in [0, 0.05) is 23.6 Å². The molecule has 2 unspecified atom stereocenters. The molecule has 0 spiro atoms. The lowest BCUT2D eigenvalue weighted by molar-refractivity contribution is -0.0591. The van der Waals surface area contributed by atoms with Crippen LogP contribution in [0.25, 0.3) is 16.7 Å². The molecule has 41 heavy (non-hydrogen) atoms. The van der Waals surface area contributed by atoms with Crippen molar-refractivity contribution in [2.24, 2.45) is 5.92 Å². The Balaban J connectivity index is 1.17. The highest BCUT2D eigenvalue weighted by atomic mass is 35.5. The Labute approximate surface area is 238 Å². The highest BCUT2D eigenvalue weighted by Crippen LogP contribution is 2.32. The van der Waals surface area contributed by atoms with Gasteiger partial charge in [-0.15, -0.1) is 0 Å². The zero-order valence-corrected chi connectivity index (χ0v) is 22.7. The standard InChI is InChI=1S/C29H26ClF2N5O4/c30-19-6-5-18(21(31)12-19)15-41-28-22(32)13-33-26(36-28)17-3-1-16(2-4-17)11-25-34-23-7-8-24(29(38)39)35-27(23)37(25)14-20-9-10-40-20/h3,5-8,12-13,16,20H,1-2,4,9-11,14-15H2,(H,38,39). The summed E-state index contributed by atoms with van der Waals surface area (Å²) in [6.45, 7) is 1.09. The second-order valence-corrected chi connectivity index (χ2v) is 10.6. The minimum atomic E-state index is -1.08. The molecular formula is C29H26ClF2N5O4. The maximum Gasteiger partial charge on any atom is 0.354 e. The fourth-order valence-electron chi connectivity index (χ4n) is 5.07. The normalized spacial score (nSPS) is 18.7. The number of aromatic nitrogens is 5. The third-order valence-corrected chi connectivity index (χ3v) is 7.67. The molecule has 0 saturated carbocycles. The first-order valence-corrected chi connectivity index (χ1v) is 13.7. The van der Waals surface area contributed by atoms with Crippen LogP contribution >= 0.6 is 11.6 Å². The SMILES string of the molecule is O=C(O)c1ccc2nc(CC3CC=C(c4ncc(F)c(OCc5ccc(Cl)cc5F)n4)CC3)n(CC3CCO3)c2n1. The summed E-state index contributed by atoms with van der Waals surface area (Å²) in [6.07, 6.45) is 7.02. The molecule has 1 N–H and O–H groups in total. The topological polar surface area (TPSA) is 112 Å². The quantitative estimate of drug-likeness (QED) is 0.270. The molecule has 3 aromatic heterocycles. The molecule has 1 fully saturated rings. The number of carboxylic acids is 1. The molecular weight excluding hydrogens is 556 g/mol.